The van der Waals surface area contributed by atoms with Crippen LogP contribution in [-0.2, 0) is 4.79 Å². The Morgan fingerprint density at radius 1 is 1.59 bits per heavy atom. The molecule has 0 saturated carbocycles. The van der Waals surface area contributed by atoms with Crippen LogP contribution in [0.1, 0.15) is 30.1 Å². The van der Waals surface area contributed by atoms with Gasteiger partial charge < -0.3 is 10.4 Å². The minimum atomic E-state index is -1.01. The smallest absolute Gasteiger partial charge is 0.305 e. The number of pyridine rings is 1. The van der Waals surface area contributed by atoms with Gasteiger partial charge in [-0.1, -0.05) is 6.92 Å². The summed E-state index contributed by atoms with van der Waals surface area (Å²) in [5.74, 6) is -2.53. The van der Waals surface area contributed by atoms with Crippen LogP contribution in [0, 0.1) is 5.95 Å². The van der Waals surface area contributed by atoms with E-state index in [-0.39, 0.29) is 12.0 Å². The molecule has 0 radical (unpaired) electrons. The van der Waals surface area contributed by atoms with E-state index in [2.05, 4.69) is 10.3 Å². The third-order valence-corrected chi connectivity index (χ3v) is 2.25. The zero-order valence-corrected chi connectivity index (χ0v) is 9.31. The molecule has 1 aromatic heterocycles. The van der Waals surface area contributed by atoms with Gasteiger partial charge in [0.05, 0.1) is 12.0 Å². The summed E-state index contributed by atoms with van der Waals surface area (Å²) in [6, 6.07) is 2.22. The molecule has 17 heavy (non-hydrogen) atoms. The maximum atomic E-state index is 13.2. The van der Waals surface area contributed by atoms with Crippen LogP contribution >= 0.6 is 0 Å². The van der Waals surface area contributed by atoms with Crippen molar-refractivity contribution in [3.63, 3.8) is 0 Å². The van der Waals surface area contributed by atoms with Gasteiger partial charge in [0.25, 0.3) is 5.91 Å². The van der Waals surface area contributed by atoms with Crippen molar-refractivity contribution in [2.75, 3.05) is 0 Å². The first-order chi connectivity index (χ1) is 8.04. The summed E-state index contributed by atoms with van der Waals surface area (Å²) in [5.41, 5.74) is -0.184. The van der Waals surface area contributed by atoms with Crippen LogP contribution in [-0.4, -0.2) is 28.0 Å². The van der Waals surface area contributed by atoms with E-state index >= 15 is 0 Å². The molecule has 0 bridgehead atoms. The van der Waals surface area contributed by atoms with E-state index in [1.165, 1.54) is 18.3 Å². The van der Waals surface area contributed by atoms with Gasteiger partial charge in [0.1, 0.15) is 0 Å². The Morgan fingerprint density at radius 2 is 2.29 bits per heavy atom. The molecular weight excluding hydrogens is 227 g/mol. The van der Waals surface area contributed by atoms with Crippen molar-refractivity contribution < 1.29 is 19.1 Å². The number of amides is 1. The Bertz CT molecular complexity index is 423. The second-order valence-electron chi connectivity index (χ2n) is 3.52. The Balaban J connectivity index is 2.71. The highest BCUT2D eigenvalue weighted by molar-refractivity contribution is 5.94. The molecule has 0 spiro atoms. The molecule has 1 unspecified atom stereocenters. The van der Waals surface area contributed by atoms with Crippen molar-refractivity contribution in [1.82, 2.24) is 10.3 Å². The summed E-state index contributed by atoms with van der Waals surface area (Å²) in [7, 11) is 0. The molecule has 0 saturated heterocycles. The first-order valence-electron chi connectivity index (χ1n) is 5.17. The van der Waals surface area contributed by atoms with Crippen LogP contribution in [0.25, 0.3) is 0 Å². The van der Waals surface area contributed by atoms with Gasteiger partial charge in [-0.2, -0.15) is 4.39 Å². The number of nitrogens with one attached hydrogen (secondary N) is 1. The average molecular weight is 240 g/mol. The third-order valence-electron chi connectivity index (χ3n) is 2.25. The molecule has 1 rings (SSSR count). The molecule has 1 aromatic rings. The molecule has 1 atom stereocenters. The highest BCUT2D eigenvalue weighted by atomic mass is 19.1. The SMILES string of the molecule is CCC(CC(=O)O)NC(=O)c1cccnc1F. The second kappa shape index (κ2) is 5.93. The van der Waals surface area contributed by atoms with Crippen molar-refractivity contribution >= 4 is 11.9 Å². The van der Waals surface area contributed by atoms with Crippen LogP contribution < -0.4 is 5.32 Å². The number of rotatable bonds is 5. The number of carboxylic acid groups (broad SMARTS) is 1. The minimum Gasteiger partial charge on any atom is -0.481 e. The Hall–Kier alpha value is -1.98. The monoisotopic (exact) mass is 240 g/mol. The van der Waals surface area contributed by atoms with E-state index in [1.54, 1.807) is 6.92 Å². The minimum absolute atomic E-state index is 0.184. The number of carbonyl (C=O) groups is 2. The fraction of sp³-hybridized carbons (Fsp3) is 0.364. The molecule has 0 aliphatic carbocycles. The molecule has 0 fully saturated rings. The fourth-order valence-corrected chi connectivity index (χ4v) is 1.33. The van der Waals surface area contributed by atoms with E-state index in [9.17, 15) is 14.0 Å². The summed E-state index contributed by atoms with van der Waals surface area (Å²) in [4.78, 5) is 25.5. The summed E-state index contributed by atoms with van der Waals surface area (Å²) >= 11 is 0. The molecule has 1 amide bonds. The number of aliphatic carboxylic acids is 1. The van der Waals surface area contributed by atoms with Gasteiger partial charge in [-0.3, -0.25) is 9.59 Å². The number of carboxylic acids is 1. The predicted octanol–water partition coefficient (Wildman–Crippen LogP) is 1.20. The fourth-order valence-electron chi connectivity index (χ4n) is 1.33. The summed E-state index contributed by atoms with van der Waals surface area (Å²) in [6.07, 6.45) is 1.50. The van der Waals surface area contributed by atoms with Gasteiger partial charge in [0.2, 0.25) is 5.95 Å². The van der Waals surface area contributed by atoms with Crippen molar-refractivity contribution in [3.05, 3.63) is 29.8 Å². The van der Waals surface area contributed by atoms with E-state index in [4.69, 9.17) is 5.11 Å². The van der Waals surface area contributed by atoms with Gasteiger partial charge in [0.15, 0.2) is 0 Å². The number of halogens is 1. The molecule has 2 N–H and O–H groups in total. The third kappa shape index (κ3) is 3.82. The number of hydrogen-bond donors (Lipinski definition) is 2. The lowest BCUT2D eigenvalue weighted by molar-refractivity contribution is -0.137. The average Bonchev–Trinajstić information content (AvgIpc) is 2.27. The summed E-state index contributed by atoms with van der Waals surface area (Å²) in [6.45, 7) is 1.74. The van der Waals surface area contributed by atoms with Crippen LogP contribution in [0.3, 0.4) is 0 Å². The van der Waals surface area contributed by atoms with Crippen molar-refractivity contribution in [3.8, 4) is 0 Å². The van der Waals surface area contributed by atoms with Crippen LogP contribution in [0.2, 0.25) is 0 Å². The lowest BCUT2D eigenvalue weighted by atomic mass is 10.1. The first kappa shape index (κ1) is 13.1. The van der Waals surface area contributed by atoms with Crippen LogP contribution in [0.5, 0.6) is 0 Å². The van der Waals surface area contributed by atoms with Crippen molar-refractivity contribution in [2.24, 2.45) is 0 Å². The van der Waals surface area contributed by atoms with Gasteiger partial charge in [-0.15, -0.1) is 0 Å². The Morgan fingerprint density at radius 3 is 2.82 bits per heavy atom. The quantitative estimate of drug-likeness (QED) is 0.758. The molecule has 0 aliphatic heterocycles. The van der Waals surface area contributed by atoms with E-state index in [0.29, 0.717) is 6.42 Å². The van der Waals surface area contributed by atoms with Gasteiger partial charge >= 0.3 is 5.97 Å². The molecule has 6 heteroatoms. The highest BCUT2D eigenvalue weighted by Gasteiger charge is 2.17. The Labute approximate surface area is 97.7 Å². The highest BCUT2D eigenvalue weighted by Crippen LogP contribution is 2.05. The number of hydrogen-bond acceptors (Lipinski definition) is 3. The predicted molar refractivity (Wildman–Crippen MR) is 58.0 cm³/mol. The lowest BCUT2D eigenvalue weighted by Gasteiger charge is -2.14. The number of nitrogens with zero attached hydrogens (tertiary/aromatic N) is 1. The second-order valence-corrected chi connectivity index (χ2v) is 3.52. The molecule has 5 nitrogen and oxygen atoms in total. The van der Waals surface area contributed by atoms with Crippen molar-refractivity contribution in [1.29, 1.82) is 0 Å². The zero-order valence-electron chi connectivity index (χ0n) is 9.31. The zero-order chi connectivity index (χ0) is 12.8. The van der Waals surface area contributed by atoms with Crippen LogP contribution in [0.15, 0.2) is 18.3 Å². The molecule has 0 aromatic carbocycles. The molecule has 1 heterocycles. The topological polar surface area (TPSA) is 79.3 Å². The normalized spacial score (nSPS) is 11.9. The van der Waals surface area contributed by atoms with Gasteiger partial charge in [0, 0.05) is 12.2 Å². The van der Waals surface area contributed by atoms with E-state index < -0.39 is 23.9 Å². The van der Waals surface area contributed by atoms with Crippen molar-refractivity contribution in [2.45, 2.75) is 25.8 Å². The molecular formula is C11H13FN2O3. The van der Waals surface area contributed by atoms with Gasteiger partial charge in [-0.05, 0) is 18.6 Å². The lowest BCUT2D eigenvalue weighted by Crippen LogP contribution is -2.36. The number of aromatic nitrogens is 1. The maximum absolute atomic E-state index is 13.2. The number of carbonyl (C=O) groups excluding carboxylic acids is 1. The first-order valence-corrected chi connectivity index (χ1v) is 5.17. The molecule has 92 valence electrons. The summed E-state index contributed by atoms with van der Waals surface area (Å²) < 4.78 is 13.2. The largest absolute Gasteiger partial charge is 0.481 e. The maximum Gasteiger partial charge on any atom is 0.305 e. The van der Waals surface area contributed by atoms with Gasteiger partial charge in [-0.25, -0.2) is 4.98 Å². The standard InChI is InChI=1S/C11H13FN2O3/c1-2-7(6-9(15)16)14-11(17)8-4-3-5-13-10(8)12/h3-5,7H,2,6H2,1H3,(H,14,17)(H,15,16). The van der Waals surface area contributed by atoms with E-state index in [0.717, 1.165) is 0 Å². The molecule has 0 aliphatic rings. The van der Waals surface area contributed by atoms with E-state index in [1.807, 2.05) is 0 Å². The Kier molecular flexibility index (Phi) is 4.56. The summed E-state index contributed by atoms with van der Waals surface area (Å²) in [5, 5.41) is 11.1. The van der Waals surface area contributed by atoms with Crippen LogP contribution in [0.4, 0.5) is 4.39 Å².